The van der Waals surface area contributed by atoms with E-state index in [9.17, 15) is 0 Å². The molecule has 128 valence electrons. The molecule has 0 amide bonds. The number of piperazine rings is 1. The largest absolute Gasteiger partial charge is 0.353 e. The van der Waals surface area contributed by atoms with Crippen molar-refractivity contribution < 1.29 is 0 Å². The van der Waals surface area contributed by atoms with Crippen molar-refractivity contribution in [2.24, 2.45) is 0 Å². The quantitative estimate of drug-likeness (QED) is 0.761. The number of thiophene rings is 1. The zero-order valence-electron chi connectivity index (χ0n) is 14.6. The Morgan fingerprint density at radius 2 is 1.88 bits per heavy atom. The van der Waals surface area contributed by atoms with E-state index in [4.69, 9.17) is 0 Å². The second kappa shape index (κ2) is 5.78. The van der Waals surface area contributed by atoms with Crippen LogP contribution in [0.4, 0.5) is 5.82 Å². The van der Waals surface area contributed by atoms with E-state index < -0.39 is 0 Å². The molecule has 0 radical (unpaired) electrons. The van der Waals surface area contributed by atoms with E-state index in [2.05, 4.69) is 58.3 Å². The first-order chi connectivity index (χ1) is 12.2. The molecule has 2 saturated heterocycles. The van der Waals surface area contributed by atoms with Crippen LogP contribution in [0.3, 0.4) is 0 Å². The Hall–Kier alpha value is -1.98. The van der Waals surface area contributed by atoms with Crippen molar-refractivity contribution in [1.82, 2.24) is 15.3 Å². The van der Waals surface area contributed by atoms with Gasteiger partial charge in [0.1, 0.15) is 17.0 Å². The summed E-state index contributed by atoms with van der Waals surface area (Å²) >= 11 is 1.77. The minimum atomic E-state index is 0.612. The van der Waals surface area contributed by atoms with Crippen molar-refractivity contribution in [3.63, 3.8) is 0 Å². The molecule has 3 aromatic rings. The third-order valence-corrected chi connectivity index (χ3v) is 6.55. The van der Waals surface area contributed by atoms with Crippen LogP contribution in [0.25, 0.3) is 20.7 Å². The van der Waals surface area contributed by atoms with Crippen LogP contribution in [-0.2, 0) is 0 Å². The molecule has 0 saturated carbocycles. The van der Waals surface area contributed by atoms with Crippen molar-refractivity contribution in [2.45, 2.75) is 38.8 Å². The SMILES string of the molecule is Cc1ccc(-c2cc3c(N4CC5CCC(C4)N5)ncnc3s2)c(C)c1. The molecule has 1 aromatic carbocycles. The fourth-order valence-electron chi connectivity index (χ4n) is 4.29. The van der Waals surface area contributed by atoms with E-state index in [1.165, 1.54) is 39.8 Å². The van der Waals surface area contributed by atoms with Gasteiger partial charge in [-0.05, 0) is 43.9 Å². The number of hydrogen-bond acceptors (Lipinski definition) is 5. The normalized spacial score (nSPS) is 22.7. The Morgan fingerprint density at radius 3 is 2.64 bits per heavy atom. The summed E-state index contributed by atoms with van der Waals surface area (Å²) in [6.07, 6.45) is 4.30. The maximum Gasteiger partial charge on any atom is 0.140 e. The highest BCUT2D eigenvalue weighted by Crippen LogP contribution is 2.38. The number of nitrogens with zero attached hydrogens (tertiary/aromatic N) is 3. The van der Waals surface area contributed by atoms with E-state index >= 15 is 0 Å². The molecule has 2 bridgehead atoms. The second-order valence-corrected chi connectivity index (χ2v) is 8.42. The van der Waals surface area contributed by atoms with Gasteiger partial charge >= 0.3 is 0 Å². The highest BCUT2D eigenvalue weighted by Gasteiger charge is 2.33. The predicted molar refractivity (Wildman–Crippen MR) is 104 cm³/mol. The predicted octanol–water partition coefficient (Wildman–Crippen LogP) is 3.92. The maximum absolute atomic E-state index is 4.66. The molecule has 2 atom stereocenters. The third kappa shape index (κ3) is 2.62. The van der Waals surface area contributed by atoms with Crippen LogP contribution in [0.1, 0.15) is 24.0 Å². The Labute approximate surface area is 151 Å². The van der Waals surface area contributed by atoms with Crippen LogP contribution in [0.2, 0.25) is 0 Å². The van der Waals surface area contributed by atoms with Crippen LogP contribution < -0.4 is 10.2 Å². The zero-order valence-corrected chi connectivity index (χ0v) is 15.4. The molecule has 2 fully saturated rings. The first-order valence-electron chi connectivity index (χ1n) is 9.00. The number of rotatable bonds is 2. The molecule has 0 aliphatic carbocycles. The van der Waals surface area contributed by atoms with Gasteiger partial charge in [-0.15, -0.1) is 11.3 Å². The second-order valence-electron chi connectivity index (χ2n) is 7.39. The van der Waals surface area contributed by atoms with Crippen LogP contribution in [-0.4, -0.2) is 35.1 Å². The van der Waals surface area contributed by atoms with Crippen LogP contribution in [0, 0.1) is 13.8 Å². The molecular weight excluding hydrogens is 328 g/mol. The molecule has 2 unspecified atom stereocenters. The summed E-state index contributed by atoms with van der Waals surface area (Å²) in [4.78, 5) is 14.0. The van der Waals surface area contributed by atoms with Gasteiger partial charge in [-0.2, -0.15) is 0 Å². The molecule has 2 aliphatic heterocycles. The van der Waals surface area contributed by atoms with Crippen molar-refractivity contribution >= 4 is 27.4 Å². The summed E-state index contributed by atoms with van der Waals surface area (Å²) in [5.74, 6) is 1.11. The lowest BCUT2D eigenvalue weighted by Gasteiger charge is -2.33. The first kappa shape index (κ1) is 15.3. The molecule has 0 spiro atoms. The topological polar surface area (TPSA) is 41.0 Å². The lowest BCUT2D eigenvalue weighted by atomic mass is 10.0. The van der Waals surface area contributed by atoms with Gasteiger partial charge in [0.25, 0.3) is 0 Å². The van der Waals surface area contributed by atoms with Gasteiger partial charge in [0, 0.05) is 30.1 Å². The number of anilines is 1. The summed E-state index contributed by atoms with van der Waals surface area (Å²) in [6, 6.07) is 10.2. The summed E-state index contributed by atoms with van der Waals surface area (Å²) in [5.41, 5.74) is 3.93. The average Bonchev–Trinajstić information content (AvgIpc) is 3.17. The Bertz CT molecular complexity index is 936. The van der Waals surface area contributed by atoms with Crippen molar-refractivity contribution in [3.8, 4) is 10.4 Å². The summed E-state index contributed by atoms with van der Waals surface area (Å²) in [7, 11) is 0. The lowest BCUT2D eigenvalue weighted by Crippen LogP contribution is -2.51. The first-order valence-corrected chi connectivity index (χ1v) is 9.82. The Morgan fingerprint density at radius 1 is 1.08 bits per heavy atom. The number of aryl methyl sites for hydroxylation is 2. The highest BCUT2D eigenvalue weighted by atomic mass is 32.1. The fraction of sp³-hybridized carbons (Fsp3) is 0.400. The van der Waals surface area contributed by atoms with Gasteiger partial charge in [0.2, 0.25) is 0 Å². The highest BCUT2D eigenvalue weighted by molar-refractivity contribution is 7.21. The van der Waals surface area contributed by atoms with Gasteiger partial charge in [-0.25, -0.2) is 9.97 Å². The number of aromatic nitrogens is 2. The number of fused-ring (bicyclic) bond motifs is 3. The third-order valence-electron chi connectivity index (χ3n) is 5.47. The lowest BCUT2D eigenvalue weighted by molar-refractivity contribution is 0.464. The van der Waals surface area contributed by atoms with E-state index in [1.54, 1.807) is 17.7 Å². The van der Waals surface area contributed by atoms with Gasteiger partial charge in [-0.1, -0.05) is 23.8 Å². The van der Waals surface area contributed by atoms with Crippen LogP contribution in [0.15, 0.2) is 30.6 Å². The average molecular weight is 350 g/mol. The summed E-state index contributed by atoms with van der Waals surface area (Å²) in [6.45, 7) is 6.44. The molecule has 2 aliphatic rings. The van der Waals surface area contributed by atoms with Crippen molar-refractivity contribution in [1.29, 1.82) is 0 Å². The van der Waals surface area contributed by atoms with Gasteiger partial charge in [0.05, 0.1) is 5.39 Å². The van der Waals surface area contributed by atoms with Gasteiger partial charge in [-0.3, -0.25) is 0 Å². The summed E-state index contributed by atoms with van der Waals surface area (Å²) in [5, 5.41) is 4.90. The van der Waals surface area contributed by atoms with Crippen LogP contribution in [0.5, 0.6) is 0 Å². The molecular formula is C20H22N4S. The van der Waals surface area contributed by atoms with E-state index in [-0.39, 0.29) is 0 Å². The minimum Gasteiger partial charge on any atom is -0.353 e. The van der Waals surface area contributed by atoms with Gasteiger partial charge in [0.15, 0.2) is 0 Å². The molecule has 25 heavy (non-hydrogen) atoms. The van der Waals surface area contributed by atoms with Crippen molar-refractivity contribution in [2.75, 3.05) is 18.0 Å². The zero-order chi connectivity index (χ0) is 17.0. The van der Waals surface area contributed by atoms with Crippen LogP contribution >= 0.6 is 11.3 Å². The molecule has 1 N–H and O–H groups in total. The molecule has 4 heterocycles. The standard InChI is InChI=1S/C20H22N4S/c1-12-3-6-16(13(2)7-12)18-8-17-19(21-11-22-20(17)25-18)24-9-14-4-5-15(10-24)23-14/h3,6-8,11,14-15,23H,4-5,9-10H2,1-2H3. The number of benzene rings is 1. The monoisotopic (exact) mass is 350 g/mol. The Balaban J connectivity index is 1.58. The van der Waals surface area contributed by atoms with E-state index in [0.29, 0.717) is 12.1 Å². The fourth-order valence-corrected chi connectivity index (χ4v) is 5.37. The van der Waals surface area contributed by atoms with Crippen molar-refractivity contribution in [3.05, 3.63) is 41.7 Å². The van der Waals surface area contributed by atoms with E-state index in [0.717, 1.165) is 23.7 Å². The Kier molecular flexibility index (Phi) is 3.54. The smallest absolute Gasteiger partial charge is 0.140 e. The number of nitrogens with one attached hydrogen (secondary N) is 1. The molecule has 5 heteroatoms. The van der Waals surface area contributed by atoms with E-state index in [1.807, 2.05) is 0 Å². The molecule has 5 rings (SSSR count). The maximum atomic E-state index is 4.66. The minimum absolute atomic E-state index is 0.612. The summed E-state index contributed by atoms with van der Waals surface area (Å²) < 4.78 is 0. The molecule has 4 nitrogen and oxygen atoms in total. The molecule has 2 aromatic heterocycles. The number of hydrogen-bond donors (Lipinski definition) is 1. The van der Waals surface area contributed by atoms with Gasteiger partial charge < -0.3 is 10.2 Å².